The van der Waals surface area contributed by atoms with Crippen LogP contribution in [0.2, 0.25) is 0 Å². The van der Waals surface area contributed by atoms with E-state index in [2.05, 4.69) is 19.2 Å². The molecule has 17 heavy (non-hydrogen) atoms. The molecule has 1 unspecified atom stereocenters. The number of hydrogen-bond acceptors (Lipinski definition) is 2. The highest BCUT2D eigenvalue weighted by atomic mass is 16.1. The Kier molecular flexibility index (Phi) is 4.71. The largest absolute Gasteiger partial charge is 0.326 e. The number of nitrogens with zero attached hydrogens (tertiary/aromatic N) is 1. The van der Waals surface area contributed by atoms with Crippen LogP contribution in [0.4, 0.5) is 5.69 Å². The molecule has 0 heterocycles. The van der Waals surface area contributed by atoms with Gasteiger partial charge in [0.05, 0.1) is 6.07 Å². The average molecular weight is 230 g/mol. The zero-order valence-corrected chi connectivity index (χ0v) is 10.5. The molecule has 1 aromatic carbocycles. The van der Waals surface area contributed by atoms with Gasteiger partial charge in [-0.1, -0.05) is 32.9 Å². The molecule has 0 fully saturated rings. The van der Waals surface area contributed by atoms with Crippen LogP contribution in [-0.4, -0.2) is 5.91 Å². The first-order valence-corrected chi connectivity index (χ1v) is 5.82. The van der Waals surface area contributed by atoms with Crippen LogP contribution in [-0.2, 0) is 4.79 Å². The maximum atomic E-state index is 11.7. The van der Waals surface area contributed by atoms with E-state index in [9.17, 15) is 4.79 Å². The molecule has 0 radical (unpaired) electrons. The van der Waals surface area contributed by atoms with Crippen molar-refractivity contribution in [2.24, 2.45) is 5.92 Å². The summed E-state index contributed by atoms with van der Waals surface area (Å²) in [5.41, 5.74) is 2.03. The fraction of sp³-hybridized carbons (Fsp3) is 0.429. The Morgan fingerprint density at radius 1 is 1.29 bits per heavy atom. The topological polar surface area (TPSA) is 52.9 Å². The maximum absolute atomic E-state index is 11.7. The number of amides is 1. The fourth-order valence-electron chi connectivity index (χ4n) is 1.45. The molecule has 90 valence electrons. The van der Waals surface area contributed by atoms with Gasteiger partial charge in [-0.2, -0.15) is 5.26 Å². The number of benzene rings is 1. The lowest BCUT2D eigenvalue weighted by Gasteiger charge is -2.10. The summed E-state index contributed by atoms with van der Waals surface area (Å²) in [6, 6.07) is 9.81. The maximum Gasteiger partial charge on any atom is 0.228 e. The Morgan fingerprint density at radius 3 is 2.35 bits per heavy atom. The molecule has 0 bridgehead atoms. The summed E-state index contributed by atoms with van der Waals surface area (Å²) in [6.45, 7) is 6.01. The molecule has 0 aliphatic carbocycles. The third kappa shape index (κ3) is 3.92. The molecule has 0 spiro atoms. The molecule has 1 amide bonds. The van der Waals surface area contributed by atoms with Crippen LogP contribution >= 0.6 is 0 Å². The Hall–Kier alpha value is -1.82. The second kappa shape index (κ2) is 6.05. The lowest BCUT2D eigenvalue weighted by atomic mass is 10.0. The third-order valence-electron chi connectivity index (χ3n) is 2.69. The minimum atomic E-state index is -0.273. The fourth-order valence-corrected chi connectivity index (χ4v) is 1.45. The van der Waals surface area contributed by atoms with E-state index in [1.54, 1.807) is 6.92 Å². The number of nitrogens with one attached hydrogen (secondary N) is 1. The monoisotopic (exact) mass is 230 g/mol. The van der Waals surface area contributed by atoms with Crippen LogP contribution in [0.25, 0.3) is 0 Å². The van der Waals surface area contributed by atoms with Crippen LogP contribution in [0, 0.1) is 17.2 Å². The lowest BCUT2D eigenvalue weighted by Crippen LogP contribution is -2.19. The summed E-state index contributed by atoms with van der Waals surface area (Å²) in [7, 11) is 0. The van der Waals surface area contributed by atoms with E-state index in [0.717, 1.165) is 5.69 Å². The Balaban J connectivity index is 2.64. The van der Waals surface area contributed by atoms with Crippen LogP contribution in [0.15, 0.2) is 24.3 Å². The SMILES string of the molecule is CC(CC#N)C(=O)Nc1ccc(C(C)C)cc1. The molecule has 1 atom stereocenters. The van der Waals surface area contributed by atoms with Crippen molar-refractivity contribution in [3.8, 4) is 6.07 Å². The molecular weight excluding hydrogens is 212 g/mol. The smallest absolute Gasteiger partial charge is 0.228 e. The standard InChI is InChI=1S/C14H18N2O/c1-10(2)12-4-6-13(7-5-12)16-14(17)11(3)8-9-15/h4-7,10-11H,8H2,1-3H3,(H,16,17). The minimum Gasteiger partial charge on any atom is -0.326 e. The van der Waals surface area contributed by atoms with Crippen molar-refractivity contribution in [2.45, 2.75) is 33.1 Å². The highest BCUT2D eigenvalue weighted by Crippen LogP contribution is 2.17. The second-order valence-corrected chi connectivity index (χ2v) is 4.53. The normalized spacial score (nSPS) is 11.9. The van der Waals surface area contributed by atoms with Gasteiger partial charge in [0.25, 0.3) is 0 Å². The molecule has 0 aliphatic heterocycles. The Labute approximate surface area is 102 Å². The molecule has 0 saturated heterocycles. The molecular formula is C14H18N2O. The Morgan fingerprint density at radius 2 is 1.88 bits per heavy atom. The third-order valence-corrected chi connectivity index (χ3v) is 2.69. The molecule has 1 rings (SSSR count). The molecule has 0 saturated carbocycles. The van der Waals surface area contributed by atoms with E-state index in [-0.39, 0.29) is 18.2 Å². The Bertz CT molecular complexity index is 415. The van der Waals surface area contributed by atoms with E-state index in [4.69, 9.17) is 5.26 Å². The van der Waals surface area contributed by atoms with Gasteiger partial charge in [0.2, 0.25) is 5.91 Å². The van der Waals surface area contributed by atoms with Gasteiger partial charge in [-0.3, -0.25) is 4.79 Å². The number of hydrogen-bond donors (Lipinski definition) is 1. The highest BCUT2D eigenvalue weighted by molar-refractivity contribution is 5.92. The molecule has 3 nitrogen and oxygen atoms in total. The predicted molar refractivity (Wildman–Crippen MR) is 68.6 cm³/mol. The summed E-state index contributed by atoms with van der Waals surface area (Å²) in [5, 5.41) is 11.3. The van der Waals surface area contributed by atoms with Gasteiger partial charge in [0.1, 0.15) is 0 Å². The van der Waals surface area contributed by atoms with Crippen molar-refractivity contribution < 1.29 is 4.79 Å². The van der Waals surface area contributed by atoms with Crippen LogP contribution in [0.3, 0.4) is 0 Å². The highest BCUT2D eigenvalue weighted by Gasteiger charge is 2.12. The van der Waals surface area contributed by atoms with E-state index >= 15 is 0 Å². The molecule has 0 aromatic heterocycles. The number of nitriles is 1. The molecule has 3 heteroatoms. The number of anilines is 1. The van der Waals surface area contributed by atoms with Crippen molar-refractivity contribution in [2.75, 3.05) is 5.32 Å². The van der Waals surface area contributed by atoms with Gasteiger partial charge < -0.3 is 5.32 Å². The van der Waals surface area contributed by atoms with E-state index in [0.29, 0.717) is 5.92 Å². The first kappa shape index (κ1) is 13.2. The summed E-state index contributed by atoms with van der Waals surface area (Å²) >= 11 is 0. The van der Waals surface area contributed by atoms with Gasteiger partial charge in [0.15, 0.2) is 0 Å². The van der Waals surface area contributed by atoms with E-state index in [1.165, 1.54) is 5.56 Å². The zero-order chi connectivity index (χ0) is 12.8. The van der Waals surface area contributed by atoms with Crippen molar-refractivity contribution in [1.29, 1.82) is 5.26 Å². The second-order valence-electron chi connectivity index (χ2n) is 4.53. The number of carbonyl (C=O) groups excluding carboxylic acids is 1. The van der Waals surface area contributed by atoms with Gasteiger partial charge in [-0.25, -0.2) is 0 Å². The van der Waals surface area contributed by atoms with Crippen LogP contribution in [0.5, 0.6) is 0 Å². The molecule has 1 N–H and O–H groups in total. The lowest BCUT2D eigenvalue weighted by molar-refractivity contribution is -0.119. The summed E-state index contributed by atoms with van der Waals surface area (Å²) in [4.78, 5) is 11.7. The van der Waals surface area contributed by atoms with Crippen molar-refractivity contribution >= 4 is 11.6 Å². The summed E-state index contributed by atoms with van der Waals surface area (Å²) in [5.74, 6) is 0.103. The van der Waals surface area contributed by atoms with Gasteiger partial charge in [0, 0.05) is 18.0 Å². The summed E-state index contributed by atoms with van der Waals surface area (Å²) < 4.78 is 0. The summed E-state index contributed by atoms with van der Waals surface area (Å²) in [6.07, 6.45) is 0.246. The predicted octanol–water partition coefficient (Wildman–Crippen LogP) is 3.30. The van der Waals surface area contributed by atoms with Gasteiger partial charge in [-0.15, -0.1) is 0 Å². The zero-order valence-electron chi connectivity index (χ0n) is 10.5. The first-order valence-electron chi connectivity index (χ1n) is 5.82. The minimum absolute atomic E-state index is 0.108. The quantitative estimate of drug-likeness (QED) is 0.862. The van der Waals surface area contributed by atoms with E-state index in [1.807, 2.05) is 30.3 Å². The van der Waals surface area contributed by atoms with Gasteiger partial charge >= 0.3 is 0 Å². The molecule has 0 aliphatic rings. The van der Waals surface area contributed by atoms with E-state index < -0.39 is 0 Å². The van der Waals surface area contributed by atoms with Crippen molar-refractivity contribution in [3.05, 3.63) is 29.8 Å². The average Bonchev–Trinajstić information content (AvgIpc) is 2.30. The van der Waals surface area contributed by atoms with Crippen LogP contribution < -0.4 is 5.32 Å². The van der Waals surface area contributed by atoms with Crippen molar-refractivity contribution in [3.63, 3.8) is 0 Å². The van der Waals surface area contributed by atoms with Gasteiger partial charge in [-0.05, 0) is 23.6 Å². The first-order chi connectivity index (χ1) is 8.04. The van der Waals surface area contributed by atoms with Crippen LogP contribution in [0.1, 0.15) is 38.7 Å². The number of rotatable bonds is 4. The molecule has 1 aromatic rings. The van der Waals surface area contributed by atoms with Crippen molar-refractivity contribution in [1.82, 2.24) is 0 Å². The number of carbonyl (C=O) groups is 1.